The highest BCUT2D eigenvalue weighted by Crippen LogP contribution is 2.22. The Hall–Kier alpha value is -2.19. The van der Waals surface area contributed by atoms with Crippen molar-refractivity contribution in [1.82, 2.24) is 15.1 Å². The Morgan fingerprint density at radius 3 is 2.77 bits per heavy atom. The molecule has 7 nitrogen and oxygen atoms in total. The van der Waals surface area contributed by atoms with Crippen LogP contribution < -0.4 is 5.32 Å². The van der Waals surface area contributed by atoms with Crippen molar-refractivity contribution in [3.05, 3.63) is 39.3 Å². The molecule has 0 saturated heterocycles. The molecule has 1 unspecified atom stereocenters. The maximum atomic E-state index is 12.4. The van der Waals surface area contributed by atoms with E-state index in [4.69, 9.17) is 9.84 Å². The van der Waals surface area contributed by atoms with E-state index < -0.39 is 5.97 Å². The van der Waals surface area contributed by atoms with Crippen LogP contribution in [0.2, 0.25) is 0 Å². The van der Waals surface area contributed by atoms with Gasteiger partial charge in [-0.25, -0.2) is 4.79 Å². The van der Waals surface area contributed by atoms with Crippen LogP contribution in [0.3, 0.4) is 0 Å². The molecule has 0 spiro atoms. The minimum atomic E-state index is -1.03. The zero-order valence-corrected chi connectivity index (χ0v) is 13.3. The summed E-state index contributed by atoms with van der Waals surface area (Å²) >= 11 is 1.08. The molecule has 2 rings (SSSR count). The summed E-state index contributed by atoms with van der Waals surface area (Å²) in [7, 11) is 3.34. The fourth-order valence-electron chi connectivity index (χ4n) is 2.06. The lowest BCUT2D eigenvalue weighted by Crippen LogP contribution is -2.31. The predicted octanol–water partition coefficient (Wildman–Crippen LogP) is 1.61. The Kier molecular flexibility index (Phi) is 4.94. The van der Waals surface area contributed by atoms with Crippen LogP contribution in [0.25, 0.3) is 0 Å². The van der Waals surface area contributed by atoms with Gasteiger partial charge in [0.2, 0.25) is 0 Å². The van der Waals surface area contributed by atoms with Crippen molar-refractivity contribution in [2.45, 2.75) is 13.0 Å². The number of hydrogen-bond acceptors (Lipinski definition) is 5. The van der Waals surface area contributed by atoms with Crippen molar-refractivity contribution in [3.63, 3.8) is 0 Å². The molecule has 0 aliphatic heterocycles. The Morgan fingerprint density at radius 2 is 2.27 bits per heavy atom. The minimum absolute atomic E-state index is 0.146. The maximum absolute atomic E-state index is 12.4. The zero-order chi connectivity index (χ0) is 16.3. The number of carboxylic acid groups (broad SMARTS) is 1. The summed E-state index contributed by atoms with van der Waals surface area (Å²) in [4.78, 5) is 24.2. The van der Waals surface area contributed by atoms with E-state index in [0.717, 1.165) is 16.9 Å². The lowest BCUT2D eigenvalue weighted by Gasteiger charge is -2.16. The number of carbonyl (C=O) groups is 2. The van der Waals surface area contributed by atoms with Gasteiger partial charge in [-0.1, -0.05) is 0 Å². The molecule has 0 saturated carbocycles. The molecule has 2 aromatic heterocycles. The molecule has 0 aromatic carbocycles. The molecule has 1 atom stereocenters. The number of thiophene rings is 1. The number of aryl methyl sites for hydroxylation is 2. The van der Waals surface area contributed by atoms with Gasteiger partial charge in [0.1, 0.15) is 4.88 Å². The highest BCUT2D eigenvalue weighted by Gasteiger charge is 2.21. The van der Waals surface area contributed by atoms with Crippen molar-refractivity contribution in [3.8, 4) is 0 Å². The summed E-state index contributed by atoms with van der Waals surface area (Å²) < 4.78 is 6.78. The van der Waals surface area contributed by atoms with Crippen LogP contribution in [-0.2, 0) is 11.8 Å². The largest absolute Gasteiger partial charge is 0.477 e. The molecular weight excluding hydrogens is 306 g/mol. The monoisotopic (exact) mass is 323 g/mol. The number of nitrogens with zero attached hydrogens (tertiary/aromatic N) is 2. The van der Waals surface area contributed by atoms with Crippen LogP contribution in [0.4, 0.5) is 0 Å². The maximum Gasteiger partial charge on any atom is 0.345 e. The number of methoxy groups -OCH3 is 1. The van der Waals surface area contributed by atoms with Crippen LogP contribution >= 0.6 is 11.3 Å². The van der Waals surface area contributed by atoms with Gasteiger partial charge in [0, 0.05) is 30.8 Å². The number of nitrogens with one attached hydrogen (secondary N) is 1. The van der Waals surface area contributed by atoms with Crippen LogP contribution in [0.15, 0.2) is 18.5 Å². The van der Waals surface area contributed by atoms with Crippen LogP contribution in [0.5, 0.6) is 0 Å². The summed E-state index contributed by atoms with van der Waals surface area (Å²) in [6.07, 6.45) is 3.46. The van der Waals surface area contributed by atoms with Crippen molar-refractivity contribution in [1.29, 1.82) is 0 Å². The van der Waals surface area contributed by atoms with Gasteiger partial charge < -0.3 is 15.2 Å². The Morgan fingerprint density at radius 1 is 1.55 bits per heavy atom. The number of aromatic carboxylic acids is 1. The summed E-state index contributed by atoms with van der Waals surface area (Å²) in [5, 5.41) is 15.9. The minimum Gasteiger partial charge on any atom is -0.477 e. The second kappa shape index (κ2) is 6.71. The molecule has 0 aliphatic carbocycles. The van der Waals surface area contributed by atoms with E-state index in [2.05, 4.69) is 10.4 Å². The molecule has 1 amide bonds. The first-order valence-electron chi connectivity index (χ1n) is 6.54. The molecular formula is C14H17N3O4S. The summed E-state index contributed by atoms with van der Waals surface area (Å²) in [5.74, 6) is -1.36. The van der Waals surface area contributed by atoms with E-state index in [1.165, 1.54) is 6.07 Å². The average Bonchev–Trinajstić information content (AvgIpc) is 3.04. The second-order valence-corrected chi connectivity index (χ2v) is 6.07. The van der Waals surface area contributed by atoms with Gasteiger partial charge in [0.25, 0.3) is 5.91 Å². The third-order valence-electron chi connectivity index (χ3n) is 3.14. The standard InChI is InChI=1S/C14H17N3O4S/c1-8-10(4-12(22-8)14(19)20)13(18)16-11(7-21-3)9-5-15-17(2)6-9/h4-6,11H,7H2,1-3H3,(H,16,18)(H,19,20). The third-order valence-corrected chi connectivity index (χ3v) is 4.18. The summed E-state index contributed by atoms with van der Waals surface area (Å²) in [6.45, 7) is 2.02. The molecule has 0 fully saturated rings. The van der Waals surface area contributed by atoms with E-state index >= 15 is 0 Å². The summed E-state index contributed by atoms with van der Waals surface area (Å²) in [6, 6.07) is 1.05. The number of hydrogen-bond donors (Lipinski definition) is 2. The first-order chi connectivity index (χ1) is 10.4. The lowest BCUT2D eigenvalue weighted by atomic mass is 10.1. The fraction of sp³-hybridized carbons (Fsp3) is 0.357. The molecule has 8 heteroatoms. The smallest absolute Gasteiger partial charge is 0.345 e. The van der Waals surface area contributed by atoms with E-state index in [1.54, 1.807) is 38.2 Å². The fourth-order valence-corrected chi connectivity index (χ4v) is 2.91. The number of rotatable bonds is 6. The average molecular weight is 323 g/mol. The number of carboxylic acids is 1. The topological polar surface area (TPSA) is 93.4 Å². The number of aromatic nitrogens is 2. The van der Waals surface area contributed by atoms with Crippen molar-refractivity contribution in [2.24, 2.45) is 7.05 Å². The highest BCUT2D eigenvalue weighted by molar-refractivity contribution is 7.14. The van der Waals surface area contributed by atoms with Gasteiger partial charge in [-0.15, -0.1) is 11.3 Å². The molecule has 0 bridgehead atoms. The third kappa shape index (κ3) is 3.52. The van der Waals surface area contributed by atoms with Gasteiger partial charge in [-0.05, 0) is 13.0 Å². The van der Waals surface area contributed by atoms with Crippen molar-refractivity contribution < 1.29 is 19.4 Å². The van der Waals surface area contributed by atoms with Gasteiger partial charge in [0.05, 0.1) is 24.4 Å². The number of carbonyl (C=O) groups excluding carboxylic acids is 1. The molecule has 2 aromatic rings. The highest BCUT2D eigenvalue weighted by atomic mass is 32.1. The quantitative estimate of drug-likeness (QED) is 0.842. The van der Waals surface area contributed by atoms with E-state index in [-0.39, 0.29) is 16.8 Å². The predicted molar refractivity (Wildman–Crippen MR) is 81.3 cm³/mol. The first-order valence-corrected chi connectivity index (χ1v) is 7.36. The molecule has 2 heterocycles. The number of ether oxygens (including phenoxy) is 1. The first kappa shape index (κ1) is 16.2. The Labute approximate surface area is 131 Å². The lowest BCUT2D eigenvalue weighted by molar-refractivity contribution is 0.0702. The Balaban J connectivity index is 2.19. The van der Waals surface area contributed by atoms with Gasteiger partial charge in [-0.3, -0.25) is 9.48 Å². The molecule has 118 valence electrons. The van der Waals surface area contributed by atoms with Crippen LogP contribution in [0, 0.1) is 6.92 Å². The Bertz CT molecular complexity index is 692. The van der Waals surface area contributed by atoms with Crippen LogP contribution in [0.1, 0.15) is 36.5 Å². The zero-order valence-electron chi connectivity index (χ0n) is 12.5. The van der Waals surface area contributed by atoms with Crippen molar-refractivity contribution >= 4 is 23.2 Å². The summed E-state index contributed by atoms with van der Waals surface area (Å²) in [5.41, 5.74) is 1.19. The molecule has 0 radical (unpaired) electrons. The van der Waals surface area contributed by atoms with Crippen molar-refractivity contribution in [2.75, 3.05) is 13.7 Å². The van der Waals surface area contributed by atoms with Gasteiger partial charge >= 0.3 is 5.97 Å². The van der Waals surface area contributed by atoms with Gasteiger partial charge in [-0.2, -0.15) is 5.10 Å². The van der Waals surface area contributed by atoms with Gasteiger partial charge in [0.15, 0.2) is 0 Å². The molecule has 0 aliphatic rings. The normalized spacial score (nSPS) is 12.1. The van der Waals surface area contributed by atoms with E-state index in [9.17, 15) is 9.59 Å². The SMILES string of the molecule is COCC(NC(=O)c1cc(C(=O)O)sc1C)c1cnn(C)c1. The van der Waals surface area contributed by atoms with E-state index in [1.807, 2.05) is 0 Å². The second-order valence-electron chi connectivity index (χ2n) is 4.81. The van der Waals surface area contributed by atoms with E-state index in [0.29, 0.717) is 17.0 Å². The molecule has 22 heavy (non-hydrogen) atoms. The molecule has 2 N–H and O–H groups in total. The number of amides is 1. The van der Waals surface area contributed by atoms with Crippen LogP contribution in [-0.4, -0.2) is 40.5 Å².